The minimum absolute atomic E-state index is 0.0627. The molecule has 0 saturated heterocycles. The predicted molar refractivity (Wildman–Crippen MR) is 65.7 cm³/mol. The average Bonchev–Trinajstić information content (AvgIpc) is 3.04. The third-order valence-corrected chi connectivity index (χ3v) is 3.40. The van der Waals surface area contributed by atoms with E-state index in [4.69, 9.17) is 10.8 Å². The lowest BCUT2D eigenvalue weighted by molar-refractivity contribution is 0.278. The number of aromatic nitrogens is 5. The lowest BCUT2D eigenvalue weighted by atomic mass is 10.2. The highest BCUT2D eigenvalue weighted by atomic mass is 32.1. The quantitative estimate of drug-likeness (QED) is 0.699. The second kappa shape index (κ2) is 4.41. The molecule has 3 aromatic rings. The van der Waals surface area contributed by atoms with Gasteiger partial charge < -0.3 is 10.8 Å². The van der Waals surface area contributed by atoms with Crippen LogP contribution in [0.2, 0.25) is 0 Å². The summed E-state index contributed by atoms with van der Waals surface area (Å²) >= 11 is 1.31. The molecule has 0 bridgehead atoms. The lowest BCUT2D eigenvalue weighted by Crippen LogP contribution is -1.98. The molecule has 3 rings (SSSR count). The van der Waals surface area contributed by atoms with E-state index in [1.165, 1.54) is 11.5 Å². The molecule has 7 nitrogen and oxygen atoms in total. The van der Waals surface area contributed by atoms with Crippen molar-refractivity contribution in [1.29, 1.82) is 0 Å². The summed E-state index contributed by atoms with van der Waals surface area (Å²) in [5.74, 6) is 0. The van der Waals surface area contributed by atoms with Crippen LogP contribution in [0.25, 0.3) is 16.1 Å². The minimum Gasteiger partial charge on any atom is -0.390 e. The van der Waals surface area contributed by atoms with E-state index in [1.807, 2.05) is 12.3 Å². The summed E-state index contributed by atoms with van der Waals surface area (Å²) < 4.78 is 5.70. The fourth-order valence-electron chi connectivity index (χ4n) is 1.62. The van der Waals surface area contributed by atoms with Crippen molar-refractivity contribution in [2.75, 3.05) is 0 Å². The topological polar surface area (TPSA) is 102 Å². The number of nitrogens with two attached hydrogens (primary N) is 1. The normalized spacial score (nSPS) is 11.2. The molecule has 0 aliphatic carbocycles. The van der Waals surface area contributed by atoms with Crippen LogP contribution in [0.5, 0.6) is 0 Å². The van der Waals surface area contributed by atoms with E-state index in [2.05, 4.69) is 19.7 Å². The van der Waals surface area contributed by atoms with Crippen LogP contribution < -0.4 is 5.73 Å². The van der Waals surface area contributed by atoms with Crippen molar-refractivity contribution in [3.8, 4) is 10.4 Å². The summed E-state index contributed by atoms with van der Waals surface area (Å²) in [6.45, 7) is 0.248. The van der Waals surface area contributed by atoms with Gasteiger partial charge in [-0.2, -0.15) is 4.37 Å². The lowest BCUT2D eigenvalue weighted by Gasteiger charge is -1.97. The second-order valence-corrected chi connectivity index (χ2v) is 4.50. The molecule has 3 aromatic heterocycles. The fourth-order valence-corrected chi connectivity index (χ4v) is 2.35. The third-order valence-electron chi connectivity index (χ3n) is 2.52. The highest BCUT2D eigenvalue weighted by Gasteiger charge is 2.09. The molecule has 0 spiro atoms. The van der Waals surface area contributed by atoms with E-state index in [-0.39, 0.29) is 6.61 Å². The monoisotopic (exact) mass is 262 g/mol. The molecule has 0 radical (unpaired) electrons. The molecule has 0 fully saturated rings. The van der Waals surface area contributed by atoms with Gasteiger partial charge in [-0.05, 0) is 17.6 Å². The number of fused-ring (bicyclic) bond motifs is 1. The van der Waals surface area contributed by atoms with Crippen LogP contribution in [-0.4, -0.2) is 29.3 Å². The first-order valence-electron chi connectivity index (χ1n) is 5.28. The molecule has 0 saturated carbocycles. The zero-order valence-electron chi connectivity index (χ0n) is 9.32. The van der Waals surface area contributed by atoms with Gasteiger partial charge in [-0.25, -0.2) is 9.50 Å². The van der Waals surface area contributed by atoms with E-state index >= 15 is 0 Å². The Labute approximate surface area is 106 Å². The number of aliphatic hydroxyl groups is 1. The van der Waals surface area contributed by atoms with Crippen molar-refractivity contribution in [2.45, 2.75) is 13.2 Å². The summed E-state index contributed by atoms with van der Waals surface area (Å²) in [7, 11) is 0. The van der Waals surface area contributed by atoms with Crippen LogP contribution >= 0.6 is 11.5 Å². The summed E-state index contributed by atoms with van der Waals surface area (Å²) in [5.41, 5.74) is 8.40. The minimum atomic E-state index is -0.0627. The molecule has 3 N–H and O–H groups in total. The smallest absolute Gasteiger partial charge is 0.180 e. The largest absolute Gasteiger partial charge is 0.390 e. The maximum absolute atomic E-state index is 8.99. The van der Waals surface area contributed by atoms with Crippen molar-refractivity contribution in [3.63, 3.8) is 0 Å². The zero-order chi connectivity index (χ0) is 12.5. The second-order valence-electron chi connectivity index (χ2n) is 3.69. The van der Waals surface area contributed by atoms with E-state index in [0.29, 0.717) is 23.6 Å². The number of hydrogen-bond acceptors (Lipinski definition) is 7. The standard InChI is InChI=1S/C10H10N6OS/c11-2-8-10-12-3-6(4-16(10)15-13-8)9-1-7(5-17)14-18-9/h1,3-4,17H,2,5,11H2. The maximum atomic E-state index is 8.99. The van der Waals surface area contributed by atoms with Crippen LogP contribution in [0.1, 0.15) is 11.4 Å². The molecule has 0 aliphatic heterocycles. The van der Waals surface area contributed by atoms with Gasteiger partial charge in [-0.15, -0.1) is 5.10 Å². The number of hydrogen-bond donors (Lipinski definition) is 2. The number of aliphatic hydroxyl groups excluding tert-OH is 1. The highest BCUT2D eigenvalue weighted by molar-refractivity contribution is 7.09. The molecule has 0 aromatic carbocycles. The SMILES string of the molecule is NCc1nnn2cc(-c3cc(CO)ns3)cnc12. The van der Waals surface area contributed by atoms with Gasteiger partial charge in [-0.3, -0.25) is 0 Å². The first-order chi connectivity index (χ1) is 8.81. The van der Waals surface area contributed by atoms with E-state index < -0.39 is 0 Å². The summed E-state index contributed by atoms with van der Waals surface area (Å²) in [5, 5.41) is 16.9. The van der Waals surface area contributed by atoms with E-state index in [1.54, 1.807) is 10.7 Å². The molecule has 92 valence electrons. The fraction of sp³-hybridized carbons (Fsp3) is 0.200. The van der Waals surface area contributed by atoms with Gasteiger partial charge in [0, 0.05) is 24.5 Å². The van der Waals surface area contributed by atoms with Gasteiger partial charge in [0.1, 0.15) is 5.69 Å². The van der Waals surface area contributed by atoms with Crippen LogP contribution in [0.3, 0.4) is 0 Å². The number of rotatable bonds is 3. The molecule has 3 heterocycles. The summed E-state index contributed by atoms with van der Waals surface area (Å²) in [4.78, 5) is 5.23. The van der Waals surface area contributed by atoms with Crippen molar-refractivity contribution in [3.05, 3.63) is 29.8 Å². The van der Waals surface area contributed by atoms with E-state index in [0.717, 1.165) is 10.4 Å². The molecule has 0 amide bonds. The van der Waals surface area contributed by atoms with Crippen molar-refractivity contribution in [1.82, 2.24) is 24.2 Å². The Balaban J connectivity index is 2.07. The van der Waals surface area contributed by atoms with Crippen LogP contribution in [0.4, 0.5) is 0 Å². The van der Waals surface area contributed by atoms with Crippen molar-refractivity contribution in [2.24, 2.45) is 5.73 Å². The van der Waals surface area contributed by atoms with Crippen molar-refractivity contribution < 1.29 is 5.11 Å². The Hall–Kier alpha value is -1.90. The van der Waals surface area contributed by atoms with Gasteiger partial charge >= 0.3 is 0 Å². The Kier molecular flexibility index (Phi) is 2.74. The molecule has 0 atom stereocenters. The van der Waals surface area contributed by atoms with Crippen LogP contribution in [0, 0.1) is 0 Å². The number of nitrogens with zero attached hydrogens (tertiary/aromatic N) is 5. The Bertz CT molecular complexity index is 691. The van der Waals surface area contributed by atoms with Gasteiger partial charge in [0.2, 0.25) is 0 Å². The summed E-state index contributed by atoms with van der Waals surface area (Å²) in [6.07, 6.45) is 3.55. The van der Waals surface area contributed by atoms with Crippen LogP contribution in [0.15, 0.2) is 18.5 Å². The summed E-state index contributed by atoms with van der Waals surface area (Å²) in [6, 6.07) is 1.83. The van der Waals surface area contributed by atoms with Gasteiger partial charge in [0.25, 0.3) is 0 Å². The van der Waals surface area contributed by atoms with Crippen LogP contribution in [-0.2, 0) is 13.2 Å². The Morgan fingerprint density at radius 3 is 3.06 bits per heavy atom. The molecule has 0 unspecified atom stereocenters. The van der Waals surface area contributed by atoms with Gasteiger partial charge in [-0.1, -0.05) is 5.21 Å². The van der Waals surface area contributed by atoms with Gasteiger partial charge in [0.05, 0.1) is 17.2 Å². The molecule has 18 heavy (non-hydrogen) atoms. The molecule has 8 heteroatoms. The molecular formula is C10H10N6OS. The molecular weight excluding hydrogens is 252 g/mol. The van der Waals surface area contributed by atoms with Crippen molar-refractivity contribution >= 4 is 17.2 Å². The first-order valence-corrected chi connectivity index (χ1v) is 6.06. The highest BCUT2D eigenvalue weighted by Crippen LogP contribution is 2.24. The van der Waals surface area contributed by atoms with Gasteiger partial charge in [0.15, 0.2) is 5.65 Å². The zero-order valence-corrected chi connectivity index (χ0v) is 10.1. The third kappa shape index (κ3) is 1.76. The average molecular weight is 262 g/mol. The predicted octanol–water partition coefficient (Wildman–Crippen LogP) is 0.199. The first kappa shape index (κ1) is 11.2. The maximum Gasteiger partial charge on any atom is 0.180 e. The Morgan fingerprint density at radius 1 is 1.44 bits per heavy atom. The molecule has 0 aliphatic rings. The Morgan fingerprint density at radius 2 is 2.33 bits per heavy atom. The van der Waals surface area contributed by atoms with E-state index in [9.17, 15) is 0 Å².